The molecule has 4 nitrogen and oxygen atoms in total. The third-order valence-corrected chi connectivity index (χ3v) is 4.96. The molecule has 1 aromatic carbocycles. The van der Waals surface area contributed by atoms with Crippen LogP contribution in [0.5, 0.6) is 0 Å². The van der Waals surface area contributed by atoms with E-state index >= 15 is 0 Å². The SMILES string of the molecule is I.NC(=NCC1CCC(c2ccccc2)CC1)N1CCOCC1. The van der Waals surface area contributed by atoms with E-state index < -0.39 is 0 Å². The smallest absolute Gasteiger partial charge is 0.191 e. The molecular formula is C18H28IN3O. The summed E-state index contributed by atoms with van der Waals surface area (Å²) in [6.07, 6.45) is 5.09. The summed E-state index contributed by atoms with van der Waals surface area (Å²) in [6.45, 7) is 4.15. The van der Waals surface area contributed by atoms with Crippen LogP contribution in [0.25, 0.3) is 0 Å². The molecule has 2 N–H and O–H groups in total. The van der Waals surface area contributed by atoms with Crippen LogP contribution in [-0.2, 0) is 4.74 Å². The number of rotatable bonds is 3. The van der Waals surface area contributed by atoms with Crippen LogP contribution in [0.3, 0.4) is 0 Å². The zero-order valence-electron chi connectivity index (χ0n) is 13.7. The summed E-state index contributed by atoms with van der Waals surface area (Å²) in [4.78, 5) is 6.77. The summed E-state index contributed by atoms with van der Waals surface area (Å²) < 4.78 is 5.35. The first-order chi connectivity index (χ1) is 10.8. The maximum atomic E-state index is 6.10. The Balaban J connectivity index is 0.00000192. The van der Waals surface area contributed by atoms with Crippen molar-refractivity contribution in [3.05, 3.63) is 35.9 Å². The maximum absolute atomic E-state index is 6.10. The quantitative estimate of drug-likeness (QED) is 0.456. The molecule has 0 aromatic heterocycles. The lowest BCUT2D eigenvalue weighted by molar-refractivity contribution is 0.0673. The number of guanidine groups is 1. The highest BCUT2D eigenvalue weighted by Gasteiger charge is 2.22. The molecule has 23 heavy (non-hydrogen) atoms. The topological polar surface area (TPSA) is 50.8 Å². The fourth-order valence-corrected chi connectivity index (χ4v) is 3.52. The Labute approximate surface area is 156 Å². The number of ether oxygens (including phenoxy) is 1. The fraction of sp³-hybridized carbons (Fsp3) is 0.611. The molecule has 1 saturated carbocycles. The van der Waals surface area contributed by atoms with E-state index in [-0.39, 0.29) is 24.0 Å². The molecule has 1 aliphatic heterocycles. The van der Waals surface area contributed by atoms with Crippen molar-refractivity contribution in [2.45, 2.75) is 31.6 Å². The van der Waals surface area contributed by atoms with Crippen molar-refractivity contribution in [1.82, 2.24) is 4.90 Å². The van der Waals surface area contributed by atoms with Crippen LogP contribution in [0.15, 0.2) is 35.3 Å². The van der Waals surface area contributed by atoms with Gasteiger partial charge in [-0.1, -0.05) is 30.3 Å². The van der Waals surface area contributed by atoms with Crippen LogP contribution in [0.1, 0.15) is 37.2 Å². The highest BCUT2D eigenvalue weighted by Crippen LogP contribution is 2.35. The molecule has 0 radical (unpaired) electrons. The van der Waals surface area contributed by atoms with Crippen molar-refractivity contribution in [2.24, 2.45) is 16.6 Å². The number of hydrogen-bond acceptors (Lipinski definition) is 2. The van der Waals surface area contributed by atoms with E-state index in [1.807, 2.05) is 0 Å². The molecule has 0 spiro atoms. The number of hydrogen-bond donors (Lipinski definition) is 1. The number of halogens is 1. The van der Waals surface area contributed by atoms with E-state index in [1.165, 1.54) is 31.2 Å². The standard InChI is InChI=1S/C18H27N3O.HI/c19-18(21-10-12-22-13-11-21)20-14-15-6-8-17(9-7-15)16-4-2-1-3-5-16;/h1-5,15,17H,6-14H2,(H2,19,20);1H. The lowest BCUT2D eigenvalue weighted by Gasteiger charge is -2.30. The Bertz CT molecular complexity index is 480. The summed E-state index contributed by atoms with van der Waals surface area (Å²) in [5.74, 6) is 2.13. The average Bonchev–Trinajstić information content (AvgIpc) is 2.61. The van der Waals surface area contributed by atoms with Crippen LogP contribution in [0, 0.1) is 5.92 Å². The van der Waals surface area contributed by atoms with E-state index in [0.29, 0.717) is 11.9 Å². The second-order valence-electron chi connectivity index (χ2n) is 6.43. The molecule has 0 amide bonds. The summed E-state index contributed by atoms with van der Waals surface area (Å²) in [5, 5.41) is 0. The molecule has 2 aliphatic rings. The van der Waals surface area contributed by atoms with Gasteiger partial charge < -0.3 is 15.4 Å². The maximum Gasteiger partial charge on any atom is 0.191 e. The third kappa shape index (κ3) is 5.35. The molecule has 5 heteroatoms. The first-order valence-electron chi connectivity index (χ1n) is 8.50. The number of nitrogens with zero attached hydrogens (tertiary/aromatic N) is 2. The van der Waals surface area contributed by atoms with Crippen LogP contribution in [0.4, 0.5) is 0 Å². The number of morpholine rings is 1. The van der Waals surface area contributed by atoms with Gasteiger partial charge >= 0.3 is 0 Å². The zero-order valence-corrected chi connectivity index (χ0v) is 16.0. The summed E-state index contributed by atoms with van der Waals surface area (Å²) in [5.41, 5.74) is 7.60. The van der Waals surface area contributed by atoms with Crippen molar-refractivity contribution in [1.29, 1.82) is 0 Å². The van der Waals surface area contributed by atoms with Gasteiger partial charge in [-0.15, -0.1) is 24.0 Å². The van der Waals surface area contributed by atoms with Gasteiger partial charge in [-0.2, -0.15) is 0 Å². The van der Waals surface area contributed by atoms with Gasteiger partial charge in [-0.05, 0) is 43.1 Å². The molecule has 1 aromatic rings. The number of aliphatic imine (C=N–C) groups is 1. The Kier molecular flexibility index (Phi) is 7.62. The predicted molar refractivity (Wildman–Crippen MR) is 105 cm³/mol. The Hall–Kier alpha value is -0.820. The van der Waals surface area contributed by atoms with Crippen LogP contribution >= 0.6 is 24.0 Å². The molecule has 0 bridgehead atoms. The second kappa shape index (κ2) is 9.47. The second-order valence-corrected chi connectivity index (χ2v) is 6.43. The average molecular weight is 429 g/mol. The predicted octanol–water partition coefficient (Wildman–Crippen LogP) is 3.23. The van der Waals surface area contributed by atoms with Crippen LogP contribution in [0.2, 0.25) is 0 Å². The minimum atomic E-state index is 0. The van der Waals surface area contributed by atoms with Crippen LogP contribution < -0.4 is 5.73 Å². The summed E-state index contributed by atoms with van der Waals surface area (Å²) in [7, 11) is 0. The van der Waals surface area contributed by atoms with E-state index in [4.69, 9.17) is 10.5 Å². The molecular weight excluding hydrogens is 401 g/mol. The van der Waals surface area contributed by atoms with E-state index in [2.05, 4.69) is 40.2 Å². The largest absolute Gasteiger partial charge is 0.378 e. The number of benzene rings is 1. The minimum Gasteiger partial charge on any atom is -0.378 e. The van der Waals surface area contributed by atoms with Crippen molar-refractivity contribution in [3.8, 4) is 0 Å². The van der Waals surface area contributed by atoms with Gasteiger partial charge in [0.1, 0.15) is 0 Å². The molecule has 2 fully saturated rings. The van der Waals surface area contributed by atoms with Gasteiger partial charge in [-0.25, -0.2) is 0 Å². The highest BCUT2D eigenvalue weighted by atomic mass is 127. The Morgan fingerprint density at radius 3 is 2.39 bits per heavy atom. The molecule has 3 rings (SSSR count). The Morgan fingerprint density at radius 1 is 1.09 bits per heavy atom. The monoisotopic (exact) mass is 429 g/mol. The molecule has 0 unspecified atom stereocenters. The van der Waals surface area contributed by atoms with Gasteiger partial charge in [0.2, 0.25) is 0 Å². The number of nitrogens with two attached hydrogens (primary N) is 1. The van der Waals surface area contributed by atoms with Gasteiger partial charge in [0, 0.05) is 19.6 Å². The third-order valence-electron chi connectivity index (χ3n) is 4.96. The van der Waals surface area contributed by atoms with Crippen molar-refractivity contribution >= 4 is 29.9 Å². The van der Waals surface area contributed by atoms with Crippen LogP contribution in [-0.4, -0.2) is 43.7 Å². The van der Waals surface area contributed by atoms with Crippen molar-refractivity contribution in [2.75, 3.05) is 32.8 Å². The minimum absolute atomic E-state index is 0. The molecule has 0 atom stereocenters. The van der Waals surface area contributed by atoms with Gasteiger partial charge in [0.25, 0.3) is 0 Å². The molecule has 128 valence electrons. The van der Waals surface area contributed by atoms with Gasteiger partial charge in [0.05, 0.1) is 13.2 Å². The molecule has 1 aliphatic carbocycles. The van der Waals surface area contributed by atoms with Crippen molar-refractivity contribution < 1.29 is 4.74 Å². The Morgan fingerprint density at radius 2 is 1.74 bits per heavy atom. The van der Waals surface area contributed by atoms with E-state index in [1.54, 1.807) is 0 Å². The lowest BCUT2D eigenvalue weighted by Crippen LogP contribution is -2.45. The summed E-state index contributed by atoms with van der Waals surface area (Å²) >= 11 is 0. The summed E-state index contributed by atoms with van der Waals surface area (Å²) in [6, 6.07) is 10.9. The first-order valence-corrected chi connectivity index (χ1v) is 8.50. The van der Waals surface area contributed by atoms with Gasteiger partial charge in [-0.3, -0.25) is 4.99 Å². The highest BCUT2D eigenvalue weighted by molar-refractivity contribution is 14.0. The zero-order chi connectivity index (χ0) is 15.2. The first kappa shape index (κ1) is 18.5. The normalized spacial score (nSPS) is 25.7. The van der Waals surface area contributed by atoms with E-state index in [0.717, 1.165) is 38.8 Å². The fourth-order valence-electron chi connectivity index (χ4n) is 3.52. The van der Waals surface area contributed by atoms with Gasteiger partial charge in [0.15, 0.2) is 5.96 Å². The van der Waals surface area contributed by atoms with Crippen molar-refractivity contribution in [3.63, 3.8) is 0 Å². The molecule has 1 heterocycles. The molecule has 1 saturated heterocycles. The van der Waals surface area contributed by atoms with E-state index in [9.17, 15) is 0 Å². The lowest BCUT2D eigenvalue weighted by atomic mass is 9.79.